The minimum atomic E-state index is -2.22. The van der Waals surface area contributed by atoms with E-state index in [9.17, 15) is 23.7 Å². The number of nitrogens with one attached hydrogen (secondary N) is 1. The maximum absolute atomic E-state index is 12.6. The van der Waals surface area contributed by atoms with Gasteiger partial charge in [-0.2, -0.15) is 0 Å². The van der Waals surface area contributed by atoms with Crippen LogP contribution in [0.25, 0.3) is 0 Å². The first kappa shape index (κ1) is 24.8. The lowest BCUT2D eigenvalue weighted by atomic mass is 9.79. The van der Waals surface area contributed by atoms with Crippen LogP contribution >= 0.6 is 30.7 Å². The maximum Gasteiger partial charge on any atom is 0.412 e. The molecule has 3 rings (SSSR count). The molecule has 2 amide bonds. The molecule has 2 fully saturated rings. The minimum Gasteiger partial charge on any atom is -0.447 e. The Hall–Kier alpha value is -0.810. The Kier molecular flexibility index (Phi) is 8.00. The van der Waals surface area contributed by atoms with Gasteiger partial charge in [-0.25, -0.2) is 18.5 Å². The molecule has 0 aromatic rings. The molecule has 11 nitrogen and oxygen atoms in total. The van der Waals surface area contributed by atoms with E-state index >= 15 is 0 Å². The number of carbonyl (C=O) groups excluding carboxylic acids is 3. The van der Waals surface area contributed by atoms with E-state index < -0.39 is 35.4 Å². The highest BCUT2D eigenvalue weighted by Crippen LogP contribution is 2.52. The summed E-state index contributed by atoms with van der Waals surface area (Å²) in [4.78, 5) is 40.8. The molecule has 3 unspecified atom stereocenters. The Labute approximate surface area is 191 Å². The molecule has 0 bridgehead atoms. The number of amides is 2. The predicted octanol–water partition coefficient (Wildman–Crippen LogP) is 0.218. The third-order valence-electron chi connectivity index (χ3n) is 5.86. The topological polar surface area (TPSA) is 146 Å². The van der Waals surface area contributed by atoms with Crippen LogP contribution in [0.4, 0.5) is 4.79 Å². The molecular weight excluding hydrogens is 488 g/mol. The van der Waals surface area contributed by atoms with E-state index in [0.717, 1.165) is 0 Å². The van der Waals surface area contributed by atoms with E-state index in [2.05, 4.69) is 4.72 Å². The summed E-state index contributed by atoms with van der Waals surface area (Å²) >= 11 is -0.842. The summed E-state index contributed by atoms with van der Waals surface area (Å²) in [5, 5.41) is 9.87. The highest BCUT2D eigenvalue weighted by atomic mass is 32.2. The molecule has 0 spiro atoms. The summed E-state index contributed by atoms with van der Waals surface area (Å²) in [7, 11) is 3.78. The molecule has 3 aliphatic heterocycles. The van der Waals surface area contributed by atoms with Crippen LogP contribution in [0, 0.1) is 11.8 Å². The van der Waals surface area contributed by atoms with Gasteiger partial charge >= 0.3 is 12.1 Å². The van der Waals surface area contributed by atoms with Gasteiger partial charge in [-0.1, -0.05) is 6.92 Å². The van der Waals surface area contributed by atoms with Crippen molar-refractivity contribution >= 4 is 59.9 Å². The molecule has 2 saturated heterocycles. The van der Waals surface area contributed by atoms with Crippen LogP contribution in [0.2, 0.25) is 0 Å². The number of likely N-dealkylation sites (tertiary alicyclic amines) is 1. The third kappa shape index (κ3) is 4.64. The zero-order valence-corrected chi connectivity index (χ0v) is 20.7. The second kappa shape index (κ2) is 9.99. The summed E-state index contributed by atoms with van der Waals surface area (Å²) in [5.41, 5.74) is 0.164. The fourth-order valence-corrected chi connectivity index (χ4v) is 6.66. The summed E-state index contributed by atoms with van der Waals surface area (Å²) in [6.07, 6.45) is -0.954. The quantitative estimate of drug-likeness (QED) is 0.247. The smallest absolute Gasteiger partial charge is 0.412 e. The van der Waals surface area contributed by atoms with Crippen molar-refractivity contribution in [3.8, 4) is 0 Å². The van der Waals surface area contributed by atoms with E-state index in [-0.39, 0.29) is 41.4 Å². The molecule has 15 heteroatoms. The molecule has 0 aromatic heterocycles. The molecule has 0 aromatic carbocycles. The fourth-order valence-electron chi connectivity index (χ4n) is 4.52. The monoisotopic (exact) mass is 513 g/mol. The first-order valence-corrected chi connectivity index (χ1v) is 12.4. The number of hydrogen-bond acceptors (Lipinski definition) is 8. The zero-order valence-electron chi connectivity index (χ0n) is 16.8. The molecule has 0 saturated carbocycles. The lowest BCUT2D eigenvalue weighted by Crippen LogP contribution is -2.63. The first-order chi connectivity index (χ1) is 14.6. The number of aliphatic hydroxyl groups excluding tert-OH is 1. The SMILES string of the molecule is C[C@@H](O)[C@H]1C(=O)N2C(C(=O)OP)=C(S[C@H]3C[C@@H](CNS(=O)O)N(C(=O)OP)C3)[C@H](C)[C@H]12. The number of β-lactam (4-membered cyclic amide) rings is 1. The van der Waals surface area contributed by atoms with E-state index in [1.165, 1.54) is 21.6 Å². The first-order valence-electron chi connectivity index (χ1n) is 9.47. The van der Waals surface area contributed by atoms with Gasteiger partial charge in [-0.15, -0.1) is 11.8 Å². The van der Waals surface area contributed by atoms with Gasteiger partial charge in [0.15, 0.2) is 0 Å². The van der Waals surface area contributed by atoms with E-state index in [0.29, 0.717) is 17.9 Å². The standard InChI is InChI=1S/C16H25N3O8P2S2/c1-6-11-10(7(2)20)14(21)19(11)12(15(22)26-28)13(6)30-9-3-8(4-17-31(24)25)18(5-9)16(23)27-29/h6-11,17,20H,3-5,28-29H2,1-2H3,(H,24,25)/t6-,7-,8+,9+,10-,11-/m1/s1. The van der Waals surface area contributed by atoms with Gasteiger partial charge < -0.3 is 24.0 Å². The van der Waals surface area contributed by atoms with Crippen LogP contribution in [-0.4, -0.2) is 78.2 Å². The second-order valence-electron chi connectivity index (χ2n) is 7.64. The fraction of sp³-hybridized carbons (Fsp3) is 0.688. The molecular formula is C16H25N3O8P2S2. The lowest BCUT2D eigenvalue weighted by molar-refractivity contribution is -0.162. The largest absolute Gasteiger partial charge is 0.447 e. The van der Waals surface area contributed by atoms with Crippen LogP contribution in [0.15, 0.2) is 10.6 Å². The number of rotatable bonds is 7. The van der Waals surface area contributed by atoms with Gasteiger partial charge in [-0.3, -0.25) is 9.35 Å². The number of carbonyl (C=O) groups is 3. The molecule has 3 heterocycles. The van der Waals surface area contributed by atoms with Crippen molar-refractivity contribution in [2.24, 2.45) is 11.8 Å². The summed E-state index contributed by atoms with van der Waals surface area (Å²) < 4.78 is 32.0. The van der Waals surface area contributed by atoms with Crippen molar-refractivity contribution < 1.29 is 37.3 Å². The normalized spacial score (nSPS) is 31.9. The van der Waals surface area contributed by atoms with E-state index in [1.54, 1.807) is 6.92 Å². The van der Waals surface area contributed by atoms with Crippen molar-refractivity contribution in [2.75, 3.05) is 13.1 Å². The Morgan fingerprint density at radius 3 is 2.61 bits per heavy atom. The molecule has 9 atom stereocenters. The number of aliphatic hydroxyl groups is 1. The van der Waals surface area contributed by atoms with Crippen molar-refractivity contribution in [3.05, 3.63) is 10.6 Å². The van der Waals surface area contributed by atoms with Crippen molar-refractivity contribution in [2.45, 2.75) is 43.7 Å². The Bertz CT molecular complexity index is 829. The Morgan fingerprint density at radius 1 is 1.39 bits per heavy atom. The van der Waals surface area contributed by atoms with Gasteiger partial charge in [0.05, 0.1) is 37.0 Å². The van der Waals surface area contributed by atoms with Gasteiger partial charge in [0, 0.05) is 35.2 Å². The van der Waals surface area contributed by atoms with E-state index in [1.807, 2.05) is 25.9 Å². The van der Waals surface area contributed by atoms with Crippen LogP contribution in [-0.2, 0) is 29.9 Å². The molecule has 0 aliphatic carbocycles. The number of fused-ring (bicyclic) bond motifs is 1. The van der Waals surface area contributed by atoms with Crippen molar-refractivity contribution in [3.63, 3.8) is 0 Å². The van der Waals surface area contributed by atoms with Gasteiger partial charge in [-0.05, 0) is 13.3 Å². The Balaban J connectivity index is 1.83. The molecule has 31 heavy (non-hydrogen) atoms. The van der Waals surface area contributed by atoms with Crippen LogP contribution in [0.3, 0.4) is 0 Å². The highest BCUT2D eigenvalue weighted by molar-refractivity contribution is 8.03. The summed E-state index contributed by atoms with van der Waals surface area (Å²) in [6, 6.07) is -0.724. The maximum atomic E-state index is 12.6. The van der Waals surface area contributed by atoms with Gasteiger partial charge in [0.1, 0.15) is 5.70 Å². The zero-order chi connectivity index (χ0) is 23.0. The van der Waals surface area contributed by atoms with Crippen molar-refractivity contribution in [1.29, 1.82) is 0 Å². The minimum absolute atomic E-state index is 0.0897. The lowest BCUT2D eigenvalue weighted by Gasteiger charge is -2.46. The van der Waals surface area contributed by atoms with Crippen LogP contribution in [0.5, 0.6) is 0 Å². The van der Waals surface area contributed by atoms with Crippen LogP contribution in [0.1, 0.15) is 20.3 Å². The van der Waals surface area contributed by atoms with Gasteiger partial charge in [0.25, 0.3) is 0 Å². The van der Waals surface area contributed by atoms with E-state index in [4.69, 9.17) is 13.6 Å². The third-order valence-corrected chi connectivity index (χ3v) is 8.18. The molecule has 0 radical (unpaired) electrons. The molecule has 3 aliphatic rings. The Morgan fingerprint density at radius 2 is 2.06 bits per heavy atom. The molecule has 174 valence electrons. The summed E-state index contributed by atoms with van der Waals surface area (Å²) in [5.74, 6) is -1.78. The average molecular weight is 513 g/mol. The average Bonchev–Trinajstić information content (AvgIpc) is 3.22. The number of hydrogen-bond donors (Lipinski definition) is 3. The number of nitrogens with zero attached hydrogens (tertiary/aromatic N) is 2. The highest BCUT2D eigenvalue weighted by Gasteiger charge is 2.60. The van der Waals surface area contributed by atoms with Gasteiger partial charge in [0.2, 0.25) is 17.2 Å². The predicted molar refractivity (Wildman–Crippen MR) is 119 cm³/mol. The summed E-state index contributed by atoms with van der Waals surface area (Å²) in [6.45, 7) is 3.83. The molecule has 3 N–H and O–H groups in total. The van der Waals surface area contributed by atoms with Crippen molar-refractivity contribution in [1.82, 2.24) is 14.5 Å². The second-order valence-corrected chi connectivity index (χ2v) is 10.2. The van der Waals surface area contributed by atoms with Crippen LogP contribution < -0.4 is 4.72 Å². The number of thioether (sulfide) groups is 1.